The van der Waals surface area contributed by atoms with Crippen molar-refractivity contribution in [2.75, 3.05) is 12.9 Å². The highest BCUT2D eigenvalue weighted by Gasteiger charge is 2.47. The highest BCUT2D eigenvalue weighted by molar-refractivity contribution is 7.98. The van der Waals surface area contributed by atoms with Gasteiger partial charge in [-0.15, -0.1) is 11.8 Å². The number of nitrogens with zero attached hydrogens (tertiary/aromatic N) is 3. The van der Waals surface area contributed by atoms with Crippen molar-refractivity contribution >= 4 is 39.6 Å². The van der Waals surface area contributed by atoms with Gasteiger partial charge in [-0.2, -0.15) is 4.98 Å². The lowest BCUT2D eigenvalue weighted by Crippen LogP contribution is -2.48. The van der Waals surface area contributed by atoms with Crippen molar-refractivity contribution in [2.24, 2.45) is 0 Å². The van der Waals surface area contributed by atoms with Gasteiger partial charge in [0.25, 0.3) is 5.88 Å². The number of ether oxygens (including phenoxy) is 2. The Kier molecular flexibility index (Phi) is 9.05. The molecule has 0 spiro atoms. The summed E-state index contributed by atoms with van der Waals surface area (Å²) < 4.78 is 28.1. The van der Waals surface area contributed by atoms with Crippen molar-refractivity contribution in [3.63, 3.8) is 0 Å². The lowest BCUT2D eigenvalue weighted by Gasteiger charge is -2.40. The number of benzene rings is 1. The number of thioether (sulfide) groups is 1. The minimum atomic E-state index is -2.10. The molecule has 12 heteroatoms. The molecule has 2 aromatic heterocycles. The van der Waals surface area contributed by atoms with Crippen molar-refractivity contribution in [1.82, 2.24) is 19.5 Å². The maximum Gasteiger partial charge on any atom is 0.349 e. The van der Waals surface area contributed by atoms with E-state index in [0.29, 0.717) is 29.9 Å². The van der Waals surface area contributed by atoms with Gasteiger partial charge in [0.05, 0.1) is 19.0 Å². The van der Waals surface area contributed by atoms with Crippen molar-refractivity contribution in [3.05, 3.63) is 41.1 Å². The van der Waals surface area contributed by atoms with Gasteiger partial charge >= 0.3 is 5.69 Å². The second-order valence-electron chi connectivity index (χ2n) is 13.8. The second-order valence-corrected chi connectivity index (χ2v) is 24.3. The van der Waals surface area contributed by atoms with Crippen molar-refractivity contribution in [2.45, 2.75) is 108 Å². The monoisotopic (exact) mass is 618 g/mol. The molecule has 0 aliphatic carbocycles. The Morgan fingerprint density at radius 2 is 1.68 bits per heavy atom. The van der Waals surface area contributed by atoms with E-state index in [-0.39, 0.29) is 28.2 Å². The summed E-state index contributed by atoms with van der Waals surface area (Å²) in [6.07, 6.45) is 3.51. The third kappa shape index (κ3) is 6.99. The number of fused-ring (bicyclic) bond motifs is 1. The minimum Gasteiger partial charge on any atom is -0.437 e. The molecule has 1 aliphatic rings. The Balaban J connectivity index is 1.64. The SMILES string of the molecule is CSc1ccc(Oc2nc(=O)[nH]c3c2ncn3C2CC(O[Si](C)(C)C(C)(C)C)C(CO[Si](C)(C)C(C)(C)C)O2)cc1. The average molecular weight is 619 g/mol. The van der Waals surface area contributed by atoms with Crippen LogP contribution in [0.1, 0.15) is 54.2 Å². The van der Waals surface area contributed by atoms with Gasteiger partial charge in [0, 0.05) is 11.3 Å². The summed E-state index contributed by atoms with van der Waals surface area (Å²) in [4.78, 5) is 25.2. The van der Waals surface area contributed by atoms with Gasteiger partial charge in [-0.25, -0.2) is 9.78 Å². The molecule has 3 atom stereocenters. The van der Waals surface area contributed by atoms with E-state index in [9.17, 15) is 4.79 Å². The lowest BCUT2D eigenvalue weighted by atomic mass is 10.2. The first-order chi connectivity index (χ1) is 18.9. The molecule has 0 amide bonds. The second kappa shape index (κ2) is 11.6. The van der Waals surface area contributed by atoms with E-state index in [1.807, 2.05) is 35.1 Å². The molecule has 3 heterocycles. The Hall–Kier alpha value is -1.97. The van der Waals surface area contributed by atoms with Crippen LogP contribution < -0.4 is 10.4 Å². The Labute approximate surface area is 250 Å². The van der Waals surface area contributed by atoms with E-state index in [1.54, 1.807) is 18.1 Å². The van der Waals surface area contributed by atoms with Crippen LogP contribution in [0.3, 0.4) is 0 Å². The number of H-pyrrole nitrogens is 1. The number of nitrogens with one attached hydrogen (secondary N) is 1. The molecule has 1 saturated heterocycles. The summed E-state index contributed by atoms with van der Waals surface area (Å²) in [5.41, 5.74) is 0.452. The van der Waals surface area contributed by atoms with E-state index >= 15 is 0 Å². The maximum absolute atomic E-state index is 12.6. The van der Waals surface area contributed by atoms with Crippen LogP contribution >= 0.6 is 11.8 Å². The number of hydrogen-bond donors (Lipinski definition) is 1. The Morgan fingerprint density at radius 3 is 2.27 bits per heavy atom. The van der Waals surface area contributed by atoms with Gasteiger partial charge in [-0.3, -0.25) is 9.55 Å². The standard InChI is InChI=1S/C29H46N4O5SSi2/c1-28(2,3)40(8,9)35-17-22-21(38-41(10,11)29(4,5)6)16-23(37-22)33-18-30-24-25(33)31-27(34)32-26(24)36-19-12-14-20(39-7)15-13-19/h12-15,18,21-23H,16-17H2,1-11H3,(H,31,32,34). The Morgan fingerprint density at radius 1 is 1.05 bits per heavy atom. The summed E-state index contributed by atoms with van der Waals surface area (Å²) in [5, 5.41) is 0.134. The molecule has 226 valence electrons. The zero-order valence-electron chi connectivity index (χ0n) is 26.3. The number of aromatic nitrogens is 4. The predicted octanol–water partition coefficient (Wildman–Crippen LogP) is 7.33. The van der Waals surface area contributed by atoms with Crippen LogP contribution in [0.2, 0.25) is 36.3 Å². The zero-order chi connectivity index (χ0) is 30.4. The quantitative estimate of drug-likeness (QED) is 0.196. The first kappa shape index (κ1) is 32.0. The summed E-state index contributed by atoms with van der Waals surface area (Å²) in [7, 11) is -4.10. The van der Waals surface area contributed by atoms with E-state index in [4.69, 9.17) is 18.3 Å². The molecule has 4 rings (SSSR count). The van der Waals surface area contributed by atoms with Gasteiger partial charge in [0.15, 0.2) is 22.2 Å². The molecule has 3 aromatic rings. The van der Waals surface area contributed by atoms with Gasteiger partial charge in [0.2, 0.25) is 0 Å². The third-order valence-corrected chi connectivity index (χ3v) is 18.6. The van der Waals surface area contributed by atoms with Crippen LogP contribution in [0.25, 0.3) is 11.2 Å². The van der Waals surface area contributed by atoms with E-state index in [0.717, 1.165) is 4.90 Å². The van der Waals surface area contributed by atoms with Crippen LogP contribution in [0.5, 0.6) is 11.6 Å². The molecule has 41 heavy (non-hydrogen) atoms. The smallest absolute Gasteiger partial charge is 0.349 e. The normalized spacial score (nSPS) is 20.6. The molecule has 3 unspecified atom stereocenters. The summed E-state index contributed by atoms with van der Waals surface area (Å²) in [6, 6.07) is 7.63. The van der Waals surface area contributed by atoms with Crippen molar-refractivity contribution in [3.8, 4) is 11.6 Å². The van der Waals surface area contributed by atoms with Crippen molar-refractivity contribution in [1.29, 1.82) is 0 Å². The largest absolute Gasteiger partial charge is 0.437 e. The number of hydrogen-bond acceptors (Lipinski definition) is 8. The number of aromatic amines is 1. The summed E-state index contributed by atoms with van der Waals surface area (Å²) in [5.74, 6) is 0.740. The average Bonchev–Trinajstić information content (AvgIpc) is 3.45. The molecule has 0 bridgehead atoms. The van der Waals surface area contributed by atoms with E-state index in [1.165, 1.54) is 0 Å². The summed E-state index contributed by atoms with van der Waals surface area (Å²) in [6.45, 7) is 22.9. The number of imidazole rings is 1. The van der Waals surface area contributed by atoms with Crippen molar-refractivity contribution < 1.29 is 18.3 Å². The van der Waals surface area contributed by atoms with Gasteiger partial charge in [-0.1, -0.05) is 41.5 Å². The molecule has 1 fully saturated rings. The van der Waals surface area contributed by atoms with Gasteiger partial charge in [-0.05, 0) is 66.8 Å². The highest BCUT2D eigenvalue weighted by Crippen LogP contribution is 2.43. The molecule has 1 aromatic carbocycles. The predicted molar refractivity (Wildman–Crippen MR) is 170 cm³/mol. The number of rotatable bonds is 9. The van der Waals surface area contributed by atoms with Gasteiger partial charge < -0.3 is 18.3 Å². The lowest BCUT2D eigenvalue weighted by molar-refractivity contribution is -0.0383. The third-order valence-electron chi connectivity index (χ3n) is 8.86. The zero-order valence-corrected chi connectivity index (χ0v) is 29.1. The topological polar surface area (TPSA) is 100 Å². The molecular formula is C29H46N4O5SSi2. The fourth-order valence-electron chi connectivity index (χ4n) is 4.17. The van der Waals surface area contributed by atoms with Crippen LogP contribution in [0, 0.1) is 0 Å². The molecule has 1 aliphatic heterocycles. The summed E-state index contributed by atoms with van der Waals surface area (Å²) >= 11 is 1.65. The van der Waals surface area contributed by atoms with E-state index < -0.39 is 28.6 Å². The highest BCUT2D eigenvalue weighted by atomic mass is 32.2. The fourth-order valence-corrected chi connectivity index (χ4v) is 6.95. The minimum absolute atomic E-state index is 0.0504. The first-order valence-corrected chi connectivity index (χ1v) is 21.2. The molecule has 1 N–H and O–H groups in total. The van der Waals surface area contributed by atoms with Crippen LogP contribution in [0.4, 0.5) is 0 Å². The molecule has 0 saturated carbocycles. The van der Waals surface area contributed by atoms with Gasteiger partial charge in [0.1, 0.15) is 23.7 Å². The first-order valence-electron chi connectivity index (χ1n) is 14.2. The van der Waals surface area contributed by atoms with Crippen LogP contribution in [0.15, 0.2) is 40.3 Å². The van der Waals surface area contributed by atoms with Crippen LogP contribution in [-0.2, 0) is 13.6 Å². The molecule has 9 nitrogen and oxygen atoms in total. The molecular weight excluding hydrogens is 573 g/mol. The maximum atomic E-state index is 12.6. The Bertz CT molecular complexity index is 1410. The molecule has 0 radical (unpaired) electrons. The van der Waals surface area contributed by atoms with E-state index in [2.05, 4.69) is 82.7 Å². The fraction of sp³-hybridized carbons (Fsp3) is 0.621. The van der Waals surface area contributed by atoms with Crippen LogP contribution in [-0.4, -0.2) is 61.2 Å².